The van der Waals surface area contributed by atoms with Gasteiger partial charge in [0, 0.05) is 0 Å². The van der Waals surface area contributed by atoms with Crippen LogP contribution in [-0.2, 0) is 9.09 Å². The van der Waals surface area contributed by atoms with Crippen LogP contribution in [0.3, 0.4) is 0 Å². The first-order chi connectivity index (χ1) is 6.81. The summed E-state index contributed by atoms with van der Waals surface area (Å²) in [4.78, 5) is 9.68. The summed E-state index contributed by atoms with van der Waals surface area (Å²) in [6.07, 6.45) is 0. The molecule has 0 aromatic heterocycles. The molecular weight excluding hydrogens is 211 g/mol. The van der Waals surface area contributed by atoms with E-state index in [0.717, 1.165) is 0 Å². The number of hydrogen-bond acceptors (Lipinski definition) is 2. The molecule has 1 rings (SSSR count). The lowest BCUT2D eigenvalue weighted by atomic mass is 9.99. The van der Waals surface area contributed by atoms with Gasteiger partial charge in [0.1, 0.15) is 0 Å². The zero-order chi connectivity index (χ0) is 11.5. The van der Waals surface area contributed by atoms with E-state index in [2.05, 4.69) is 0 Å². The summed E-state index contributed by atoms with van der Waals surface area (Å²) >= 11 is 0. The van der Waals surface area contributed by atoms with Crippen molar-refractivity contribution >= 4 is 12.9 Å². The average molecular weight is 228 g/mol. The standard InChI is InChI=1S/C11H17O3P/c1-11(2,3)9-14-15(12,13)10-7-5-4-6-8-10/h4-8H,9H2,1-3H3,(H,12,13). The first kappa shape index (κ1) is 12.4. The third-order valence-electron chi connectivity index (χ3n) is 1.76. The minimum absolute atomic E-state index is 0.118. The van der Waals surface area contributed by atoms with Crippen molar-refractivity contribution in [1.29, 1.82) is 0 Å². The molecule has 84 valence electrons. The second-order valence-electron chi connectivity index (χ2n) is 4.69. The van der Waals surface area contributed by atoms with Gasteiger partial charge >= 0.3 is 7.60 Å². The van der Waals surface area contributed by atoms with Gasteiger partial charge in [-0.1, -0.05) is 39.0 Å². The molecule has 0 fully saturated rings. The molecule has 1 N–H and O–H groups in total. The van der Waals surface area contributed by atoms with Gasteiger partial charge in [0.2, 0.25) is 0 Å². The zero-order valence-electron chi connectivity index (χ0n) is 9.30. The lowest BCUT2D eigenvalue weighted by Gasteiger charge is -2.20. The Morgan fingerprint density at radius 1 is 1.27 bits per heavy atom. The molecule has 15 heavy (non-hydrogen) atoms. The van der Waals surface area contributed by atoms with Crippen molar-refractivity contribution in [3.63, 3.8) is 0 Å². The van der Waals surface area contributed by atoms with Crippen molar-refractivity contribution in [3.8, 4) is 0 Å². The molecule has 1 unspecified atom stereocenters. The van der Waals surface area contributed by atoms with Gasteiger partial charge in [0.15, 0.2) is 0 Å². The molecule has 0 radical (unpaired) electrons. The maximum Gasteiger partial charge on any atom is 0.358 e. The molecule has 0 saturated carbocycles. The molecule has 0 aliphatic rings. The van der Waals surface area contributed by atoms with Crippen LogP contribution < -0.4 is 5.30 Å². The Bertz CT molecular complexity index is 354. The topological polar surface area (TPSA) is 46.5 Å². The monoisotopic (exact) mass is 228 g/mol. The zero-order valence-corrected chi connectivity index (χ0v) is 10.2. The Labute approximate surface area is 90.6 Å². The molecule has 0 heterocycles. The van der Waals surface area contributed by atoms with Crippen molar-refractivity contribution in [2.45, 2.75) is 20.8 Å². The number of hydrogen-bond donors (Lipinski definition) is 1. The molecule has 0 bridgehead atoms. The number of benzene rings is 1. The molecule has 4 heteroatoms. The smallest absolute Gasteiger partial charge is 0.321 e. The highest BCUT2D eigenvalue weighted by molar-refractivity contribution is 7.61. The van der Waals surface area contributed by atoms with Crippen LogP contribution in [0.25, 0.3) is 0 Å². The Hall–Kier alpha value is -0.630. The summed E-state index contributed by atoms with van der Waals surface area (Å²) < 4.78 is 16.9. The molecule has 1 aromatic carbocycles. The van der Waals surface area contributed by atoms with Gasteiger partial charge in [-0.15, -0.1) is 0 Å². The van der Waals surface area contributed by atoms with Crippen LogP contribution in [0.1, 0.15) is 20.8 Å². The molecule has 1 aromatic rings. The Morgan fingerprint density at radius 2 is 1.80 bits per heavy atom. The van der Waals surface area contributed by atoms with E-state index in [-0.39, 0.29) is 12.0 Å². The molecule has 0 aliphatic carbocycles. The molecular formula is C11H17O3P. The SMILES string of the molecule is CC(C)(C)COP(=O)(O)c1ccccc1. The third-order valence-corrected chi connectivity index (χ3v) is 3.18. The van der Waals surface area contributed by atoms with E-state index in [1.54, 1.807) is 30.3 Å². The third kappa shape index (κ3) is 4.17. The van der Waals surface area contributed by atoms with E-state index in [1.807, 2.05) is 20.8 Å². The summed E-state index contributed by atoms with van der Waals surface area (Å²) in [6, 6.07) is 8.44. The summed E-state index contributed by atoms with van der Waals surface area (Å²) in [5.74, 6) is 0. The highest BCUT2D eigenvalue weighted by Crippen LogP contribution is 2.41. The largest absolute Gasteiger partial charge is 0.358 e. The maximum atomic E-state index is 11.8. The van der Waals surface area contributed by atoms with Crippen LogP contribution in [0.2, 0.25) is 0 Å². The maximum absolute atomic E-state index is 11.8. The van der Waals surface area contributed by atoms with Gasteiger partial charge in [-0.2, -0.15) is 0 Å². The number of rotatable bonds is 3. The van der Waals surface area contributed by atoms with Crippen LogP contribution >= 0.6 is 7.60 Å². The van der Waals surface area contributed by atoms with E-state index in [4.69, 9.17) is 4.52 Å². The van der Waals surface area contributed by atoms with E-state index in [1.165, 1.54) is 0 Å². The minimum atomic E-state index is -3.64. The predicted molar refractivity (Wildman–Crippen MR) is 61.3 cm³/mol. The minimum Gasteiger partial charge on any atom is -0.321 e. The van der Waals surface area contributed by atoms with Crippen molar-refractivity contribution in [1.82, 2.24) is 0 Å². The Balaban J connectivity index is 2.73. The lowest BCUT2D eigenvalue weighted by Crippen LogP contribution is -2.16. The highest BCUT2D eigenvalue weighted by Gasteiger charge is 2.24. The molecule has 0 spiro atoms. The van der Waals surface area contributed by atoms with Crippen LogP contribution in [0, 0.1) is 5.41 Å². The van der Waals surface area contributed by atoms with Crippen molar-refractivity contribution in [2.75, 3.05) is 6.61 Å². The summed E-state index contributed by atoms with van der Waals surface area (Å²) in [7, 11) is -3.64. The van der Waals surface area contributed by atoms with Crippen LogP contribution in [0.4, 0.5) is 0 Å². The van der Waals surface area contributed by atoms with E-state index in [9.17, 15) is 9.46 Å². The summed E-state index contributed by atoms with van der Waals surface area (Å²) in [6.45, 7) is 6.13. The van der Waals surface area contributed by atoms with Gasteiger partial charge in [0.25, 0.3) is 0 Å². The summed E-state index contributed by atoms with van der Waals surface area (Å²) in [5, 5.41) is 0.342. The van der Waals surface area contributed by atoms with Crippen LogP contribution in [0.5, 0.6) is 0 Å². The molecule has 1 atom stereocenters. The van der Waals surface area contributed by atoms with Gasteiger partial charge in [-0.05, 0) is 17.5 Å². The van der Waals surface area contributed by atoms with Crippen molar-refractivity contribution < 1.29 is 14.0 Å². The molecule has 0 saturated heterocycles. The van der Waals surface area contributed by atoms with Crippen molar-refractivity contribution in [2.24, 2.45) is 5.41 Å². The highest BCUT2D eigenvalue weighted by atomic mass is 31.2. The Morgan fingerprint density at radius 3 is 2.27 bits per heavy atom. The van der Waals surface area contributed by atoms with Crippen molar-refractivity contribution in [3.05, 3.63) is 30.3 Å². The van der Waals surface area contributed by atoms with Gasteiger partial charge in [-0.25, -0.2) is 0 Å². The van der Waals surface area contributed by atoms with E-state index in [0.29, 0.717) is 5.30 Å². The van der Waals surface area contributed by atoms with Gasteiger partial charge in [0.05, 0.1) is 11.9 Å². The molecule has 3 nitrogen and oxygen atoms in total. The van der Waals surface area contributed by atoms with Crippen LogP contribution in [-0.4, -0.2) is 11.5 Å². The second-order valence-corrected chi connectivity index (χ2v) is 6.51. The van der Waals surface area contributed by atoms with E-state index >= 15 is 0 Å². The first-order valence-electron chi connectivity index (χ1n) is 4.84. The fourth-order valence-electron chi connectivity index (χ4n) is 0.972. The summed E-state index contributed by atoms with van der Waals surface area (Å²) in [5.41, 5.74) is -0.118. The van der Waals surface area contributed by atoms with Gasteiger partial charge < -0.3 is 9.42 Å². The first-order valence-corrected chi connectivity index (χ1v) is 6.42. The quantitative estimate of drug-likeness (QED) is 0.809. The lowest BCUT2D eigenvalue weighted by molar-refractivity contribution is 0.180. The van der Waals surface area contributed by atoms with Crippen LogP contribution in [0.15, 0.2) is 30.3 Å². The van der Waals surface area contributed by atoms with E-state index < -0.39 is 7.60 Å². The Kier molecular flexibility index (Phi) is 3.72. The van der Waals surface area contributed by atoms with Gasteiger partial charge in [-0.3, -0.25) is 4.57 Å². The second kappa shape index (κ2) is 4.48. The molecule has 0 aliphatic heterocycles. The average Bonchev–Trinajstić information content (AvgIpc) is 2.16. The fourth-order valence-corrected chi connectivity index (χ4v) is 2.23. The predicted octanol–water partition coefficient (Wildman–Crippen LogP) is 2.56. The fraction of sp³-hybridized carbons (Fsp3) is 0.455. The normalized spacial score (nSPS) is 16.0. The molecule has 0 amide bonds.